The van der Waals surface area contributed by atoms with Gasteiger partial charge in [-0.05, 0) is 63.6 Å². The Bertz CT molecular complexity index is 1030. The normalized spacial score (nSPS) is 21.4. The van der Waals surface area contributed by atoms with Crippen molar-refractivity contribution in [3.8, 4) is 5.75 Å². The van der Waals surface area contributed by atoms with E-state index in [0.717, 1.165) is 41.1 Å². The maximum atomic E-state index is 12.6. The van der Waals surface area contributed by atoms with Crippen LogP contribution in [0.5, 0.6) is 5.75 Å². The third-order valence-electron chi connectivity index (χ3n) is 6.07. The molecule has 2 heterocycles. The first-order valence-corrected chi connectivity index (χ1v) is 12.3. The van der Waals surface area contributed by atoms with Gasteiger partial charge in [0.2, 0.25) is 5.91 Å². The molecule has 3 atom stereocenters. The van der Waals surface area contributed by atoms with Gasteiger partial charge in [-0.15, -0.1) is 0 Å². The number of nitrogens with one attached hydrogen (secondary N) is 3. The number of rotatable bonds is 9. The first-order valence-electron chi connectivity index (χ1n) is 11.9. The Labute approximate surface area is 205 Å². The van der Waals surface area contributed by atoms with Gasteiger partial charge in [-0.25, -0.2) is 10.9 Å². The molecule has 0 bridgehead atoms. The SMILES string of the molecule is CCNC(=O)C[C@@H]1N=C(c2ccc(Cl)cc2)c2cc(OCCCCN)ccc2N2C(C)NNC12. The average Bonchev–Trinajstić information content (AvgIpc) is 3.15. The largest absolute Gasteiger partial charge is 0.494 e. The van der Waals surface area contributed by atoms with Gasteiger partial charge in [-0.1, -0.05) is 23.7 Å². The minimum atomic E-state index is -0.309. The standard InChI is InChI=1S/C25H33ClN6O2/c1-3-28-23(33)15-21-25-31-30-16(2)32(25)22-11-10-19(34-13-5-4-12-27)14-20(22)24(29-21)17-6-8-18(26)9-7-17/h6-11,14,16,21,25,30-31H,3-5,12-13,15,27H2,1-2H3,(H,28,33)/t16?,21-,25?/m0/s1. The molecule has 0 radical (unpaired) electrons. The molecule has 1 fully saturated rings. The second kappa shape index (κ2) is 11.2. The quantitative estimate of drug-likeness (QED) is 0.408. The van der Waals surface area contributed by atoms with Crippen LogP contribution < -0.4 is 31.5 Å². The van der Waals surface area contributed by atoms with Crippen molar-refractivity contribution < 1.29 is 9.53 Å². The van der Waals surface area contributed by atoms with E-state index in [1.165, 1.54) is 0 Å². The molecule has 2 aromatic carbocycles. The van der Waals surface area contributed by atoms with E-state index >= 15 is 0 Å². The van der Waals surface area contributed by atoms with Crippen LogP contribution in [0.15, 0.2) is 47.5 Å². The zero-order valence-corrected chi connectivity index (χ0v) is 20.4. The fourth-order valence-electron chi connectivity index (χ4n) is 4.44. The number of benzene rings is 2. The highest BCUT2D eigenvalue weighted by Gasteiger charge is 2.40. The van der Waals surface area contributed by atoms with Gasteiger partial charge in [0.25, 0.3) is 0 Å². The van der Waals surface area contributed by atoms with Gasteiger partial charge in [0.1, 0.15) is 11.9 Å². The van der Waals surface area contributed by atoms with E-state index in [2.05, 4.69) is 34.1 Å². The van der Waals surface area contributed by atoms with Crippen molar-refractivity contribution in [2.45, 2.75) is 51.5 Å². The van der Waals surface area contributed by atoms with E-state index in [1.807, 2.05) is 43.3 Å². The predicted octanol–water partition coefficient (Wildman–Crippen LogP) is 2.79. The number of fused-ring (bicyclic) bond motifs is 3. The zero-order valence-electron chi connectivity index (χ0n) is 19.7. The average molecular weight is 485 g/mol. The first-order chi connectivity index (χ1) is 16.5. The van der Waals surface area contributed by atoms with E-state index in [4.69, 9.17) is 27.1 Å². The topological polar surface area (TPSA) is 104 Å². The third-order valence-corrected chi connectivity index (χ3v) is 6.32. The summed E-state index contributed by atoms with van der Waals surface area (Å²) in [5.74, 6) is 0.756. The van der Waals surface area contributed by atoms with Crippen LogP contribution in [0.25, 0.3) is 0 Å². The number of anilines is 1. The molecule has 2 aliphatic rings. The highest BCUT2D eigenvalue weighted by molar-refractivity contribution is 6.30. The molecule has 0 aliphatic carbocycles. The van der Waals surface area contributed by atoms with E-state index in [0.29, 0.717) is 24.7 Å². The molecule has 182 valence electrons. The van der Waals surface area contributed by atoms with Crippen molar-refractivity contribution in [2.24, 2.45) is 10.7 Å². The summed E-state index contributed by atoms with van der Waals surface area (Å²) in [6, 6.07) is 13.5. The maximum Gasteiger partial charge on any atom is 0.222 e. The number of halogens is 1. The number of carbonyl (C=O) groups excluding carboxylic acids is 1. The Hall–Kier alpha value is -2.65. The van der Waals surface area contributed by atoms with Gasteiger partial charge >= 0.3 is 0 Å². The van der Waals surface area contributed by atoms with Crippen LogP contribution in [0.2, 0.25) is 5.02 Å². The number of hydrogen-bond donors (Lipinski definition) is 4. The molecule has 0 aromatic heterocycles. The number of nitrogens with zero attached hydrogens (tertiary/aromatic N) is 2. The minimum Gasteiger partial charge on any atom is -0.494 e. The summed E-state index contributed by atoms with van der Waals surface area (Å²) in [7, 11) is 0. The highest BCUT2D eigenvalue weighted by Crippen LogP contribution is 2.36. The van der Waals surface area contributed by atoms with Gasteiger partial charge in [0, 0.05) is 28.4 Å². The molecule has 1 saturated heterocycles. The van der Waals surface area contributed by atoms with Crippen LogP contribution in [0, 0.1) is 0 Å². The van der Waals surface area contributed by atoms with Crippen LogP contribution in [-0.2, 0) is 4.79 Å². The van der Waals surface area contributed by atoms with Crippen molar-refractivity contribution in [1.82, 2.24) is 16.2 Å². The number of ether oxygens (including phenoxy) is 1. The number of amides is 1. The predicted molar refractivity (Wildman–Crippen MR) is 136 cm³/mol. The van der Waals surface area contributed by atoms with Gasteiger partial charge in [-0.2, -0.15) is 0 Å². The van der Waals surface area contributed by atoms with Crippen LogP contribution in [0.1, 0.15) is 44.2 Å². The van der Waals surface area contributed by atoms with Gasteiger partial charge in [-0.3, -0.25) is 9.79 Å². The number of unbranched alkanes of at least 4 members (excludes halogenated alkanes) is 1. The molecule has 34 heavy (non-hydrogen) atoms. The monoisotopic (exact) mass is 484 g/mol. The summed E-state index contributed by atoms with van der Waals surface area (Å²) in [4.78, 5) is 20.0. The molecule has 8 nitrogen and oxygen atoms in total. The molecular formula is C25H33ClN6O2. The second-order valence-corrected chi connectivity index (χ2v) is 8.99. The van der Waals surface area contributed by atoms with E-state index < -0.39 is 0 Å². The molecule has 9 heteroatoms. The molecule has 2 unspecified atom stereocenters. The fraction of sp³-hybridized carbons (Fsp3) is 0.440. The Kier molecular flexibility index (Phi) is 8.05. The molecule has 0 saturated carbocycles. The lowest BCUT2D eigenvalue weighted by atomic mass is 9.99. The summed E-state index contributed by atoms with van der Waals surface area (Å²) in [6.45, 7) is 5.85. The van der Waals surface area contributed by atoms with Crippen LogP contribution >= 0.6 is 11.6 Å². The molecule has 2 aromatic rings. The number of hydrazine groups is 1. The molecule has 5 N–H and O–H groups in total. The molecule has 2 aliphatic heterocycles. The molecule has 4 rings (SSSR count). The van der Waals surface area contributed by atoms with Crippen molar-refractivity contribution in [1.29, 1.82) is 0 Å². The minimum absolute atomic E-state index is 0.0107. The lowest BCUT2D eigenvalue weighted by molar-refractivity contribution is -0.121. The third kappa shape index (κ3) is 5.36. The summed E-state index contributed by atoms with van der Waals surface area (Å²) in [5.41, 5.74) is 16.0. The summed E-state index contributed by atoms with van der Waals surface area (Å²) >= 11 is 6.17. The number of aliphatic imine (C=N–C) groups is 1. The Morgan fingerprint density at radius 2 is 2.00 bits per heavy atom. The molecular weight excluding hydrogens is 452 g/mol. The summed E-state index contributed by atoms with van der Waals surface area (Å²) < 4.78 is 6.03. The van der Waals surface area contributed by atoms with Crippen molar-refractivity contribution in [2.75, 3.05) is 24.6 Å². The maximum absolute atomic E-state index is 12.6. The van der Waals surface area contributed by atoms with E-state index in [9.17, 15) is 4.79 Å². The van der Waals surface area contributed by atoms with Gasteiger partial charge in [0.05, 0.1) is 30.9 Å². The second-order valence-electron chi connectivity index (χ2n) is 8.55. The van der Waals surface area contributed by atoms with Crippen LogP contribution in [-0.4, -0.2) is 49.7 Å². The zero-order chi connectivity index (χ0) is 24.1. The number of nitrogens with two attached hydrogens (primary N) is 1. The first kappa shape index (κ1) is 24.5. The fourth-order valence-corrected chi connectivity index (χ4v) is 4.57. The van der Waals surface area contributed by atoms with Crippen LogP contribution in [0.3, 0.4) is 0 Å². The van der Waals surface area contributed by atoms with Crippen LogP contribution in [0.4, 0.5) is 5.69 Å². The van der Waals surface area contributed by atoms with E-state index in [1.54, 1.807) is 0 Å². The Morgan fingerprint density at radius 1 is 1.21 bits per heavy atom. The van der Waals surface area contributed by atoms with Gasteiger partial charge < -0.3 is 20.7 Å². The highest BCUT2D eigenvalue weighted by atomic mass is 35.5. The lowest BCUT2D eigenvalue weighted by Gasteiger charge is -2.31. The number of hydrogen-bond acceptors (Lipinski definition) is 7. The smallest absolute Gasteiger partial charge is 0.222 e. The summed E-state index contributed by atoms with van der Waals surface area (Å²) in [5, 5.41) is 3.57. The number of carbonyl (C=O) groups is 1. The van der Waals surface area contributed by atoms with E-state index in [-0.39, 0.29) is 30.7 Å². The Balaban J connectivity index is 1.79. The van der Waals surface area contributed by atoms with Crippen molar-refractivity contribution in [3.05, 3.63) is 58.6 Å². The van der Waals surface area contributed by atoms with Crippen molar-refractivity contribution >= 4 is 28.9 Å². The van der Waals surface area contributed by atoms with Gasteiger partial charge in [0.15, 0.2) is 0 Å². The molecule has 0 spiro atoms. The summed E-state index contributed by atoms with van der Waals surface area (Å²) in [6.07, 6.45) is 1.92. The Morgan fingerprint density at radius 3 is 2.74 bits per heavy atom. The van der Waals surface area contributed by atoms with Crippen molar-refractivity contribution in [3.63, 3.8) is 0 Å². The molecule has 1 amide bonds. The lowest BCUT2D eigenvalue weighted by Crippen LogP contribution is -2.47.